The number of aromatic nitrogens is 2. The van der Waals surface area contributed by atoms with Crippen LogP contribution >= 0.6 is 22.9 Å². The van der Waals surface area contributed by atoms with Crippen LogP contribution in [-0.4, -0.2) is 16.1 Å². The van der Waals surface area contributed by atoms with Gasteiger partial charge in [-0.2, -0.15) is 13.2 Å². The van der Waals surface area contributed by atoms with E-state index in [0.29, 0.717) is 34.4 Å². The van der Waals surface area contributed by atoms with Crippen molar-refractivity contribution in [3.05, 3.63) is 27.3 Å². The number of nitrogens with one attached hydrogen (secondary N) is 1. The van der Waals surface area contributed by atoms with Crippen LogP contribution in [0.15, 0.2) is 11.4 Å². The van der Waals surface area contributed by atoms with Gasteiger partial charge in [-0.1, -0.05) is 11.6 Å². The minimum absolute atomic E-state index is 0.263. The summed E-state index contributed by atoms with van der Waals surface area (Å²) in [7, 11) is 0. The van der Waals surface area contributed by atoms with Gasteiger partial charge in [-0.3, -0.25) is 0 Å². The predicted octanol–water partition coefficient (Wildman–Crippen LogP) is 3.39. The molecule has 0 radical (unpaired) electrons. The first kappa shape index (κ1) is 13.0. The lowest BCUT2D eigenvalue weighted by molar-refractivity contribution is -0.147. The first-order chi connectivity index (χ1) is 8.98. The summed E-state index contributed by atoms with van der Waals surface area (Å²) >= 11 is 7.29. The molecule has 8 heteroatoms. The van der Waals surface area contributed by atoms with E-state index < -0.39 is 12.0 Å². The van der Waals surface area contributed by atoms with E-state index in [1.54, 1.807) is 11.4 Å². The Morgan fingerprint density at radius 3 is 2.84 bits per heavy atom. The van der Waals surface area contributed by atoms with E-state index in [1.807, 2.05) is 0 Å². The lowest BCUT2D eigenvalue weighted by atomic mass is 10.2. The topological polar surface area (TPSA) is 29.9 Å². The van der Waals surface area contributed by atoms with Crippen LogP contribution in [0.4, 0.5) is 13.2 Å². The van der Waals surface area contributed by atoms with Crippen molar-refractivity contribution in [2.24, 2.45) is 0 Å². The van der Waals surface area contributed by atoms with Gasteiger partial charge in [0.2, 0.25) is 5.82 Å². The molecule has 3 rings (SSSR count). The van der Waals surface area contributed by atoms with E-state index in [0.717, 1.165) is 0 Å². The summed E-state index contributed by atoms with van der Waals surface area (Å²) in [5.41, 5.74) is 1.43. The van der Waals surface area contributed by atoms with Crippen LogP contribution < -0.4 is 5.32 Å². The fourth-order valence-corrected chi connectivity index (χ4v) is 3.12. The Morgan fingerprint density at radius 2 is 2.21 bits per heavy atom. The van der Waals surface area contributed by atoms with E-state index in [4.69, 9.17) is 11.6 Å². The van der Waals surface area contributed by atoms with Gasteiger partial charge in [0.05, 0.1) is 11.4 Å². The first-order valence-electron chi connectivity index (χ1n) is 5.59. The molecule has 0 aliphatic carbocycles. The molecule has 102 valence electrons. The van der Waals surface area contributed by atoms with Gasteiger partial charge in [-0.05, 0) is 11.4 Å². The molecule has 1 N–H and O–H groups in total. The molecule has 0 saturated heterocycles. The smallest absolute Gasteiger partial charge is 0.321 e. The maximum Gasteiger partial charge on any atom is 0.449 e. The van der Waals surface area contributed by atoms with Crippen molar-refractivity contribution in [3.63, 3.8) is 0 Å². The highest BCUT2D eigenvalue weighted by Gasteiger charge is 2.39. The molecule has 1 aliphatic heterocycles. The van der Waals surface area contributed by atoms with Crippen LogP contribution in [0.2, 0.25) is 4.34 Å². The van der Waals surface area contributed by atoms with E-state index in [2.05, 4.69) is 10.3 Å². The second kappa shape index (κ2) is 4.50. The largest absolute Gasteiger partial charge is 0.449 e. The molecule has 3 heterocycles. The molecule has 0 spiro atoms. The lowest BCUT2D eigenvalue weighted by Crippen LogP contribution is -2.30. The van der Waals surface area contributed by atoms with Gasteiger partial charge < -0.3 is 9.88 Å². The summed E-state index contributed by atoms with van der Waals surface area (Å²) in [6, 6.07) is 1.70. The van der Waals surface area contributed by atoms with Crippen molar-refractivity contribution in [2.75, 3.05) is 6.54 Å². The molecule has 0 aromatic carbocycles. The van der Waals surface area contributed by atoms with Gasteiger partial charge >= 0.3 is 6.18 Å². The van der Waals surface area contributed by atoms with Crippen LogP contribution in [0.3, 0.4) is 0 Å². The molecule has 0 saturated carbocycles. The average molecular weight is 308 g/mol. The quantitative estimate of drug-likeness (QED) is 0.875. The van der Waals surface area contributed by atoms with Crippen LogP contribution in [0, 0.1) is 0 Å². The third kappa shape index (κ3) is 2.15. The molecule has 2 aromatic heterocycles. The standard InChI is InChI=1S/C11H9ClF3N3S/c12-9-6(1-4-19-9)8-7-5-16-2-3-18(7)10(17-8)11(13,14)15/h1,4,16H,2-3,5H2. The fraction of sp³-hybridized carbons (Fsp3) is 0.364. The predicted molar refractivity (Wildman–Crippen MR) is 67.3 cm³/mol. The summed E-state index contributed by atoms with van der Waals surface area (Å²) in [5.74, 6) is -0.846. The second-order valence-corrected chi connectivity index (χ2v) is 5.68. The van der Waals surface area contributed by atoms with Crippen molar-refractivity contribution in [2.45, 2.75) is 19.3 Å². The molecular formula is C11H9ClF3N3S. The summed E-state index contributed by atoms with van der Waals surface area (Å²) in [4.78, 5) is 3.79. The maximum absolute atomic E-state index is 13.0. The van der Waals surface area contributed by atoms with E-state index in [9.17, 15) is 13.2 Å². The Morgan fingerprint density at radius 1 is 1.42 bits per heavy atom. The number of thiophene rings is 1. The maximum atomic E-state index is 13.0. The van der Waals surface area contributed by atoms with Crippen LogP contribution in [-0.2, 0) is 19.3 Å². The number of hydrogen-bond acceptors (Lipinski definition) is 3. The summed E-state index contributed by atoms with van der Waals surface area (Å²) in [6.07, 6.45) is -4.45. The molecule has 19 heavy (non-hydrogen) atoms. The zero-order chi connectivity index (χ0) is 13.6. The van der Waals surface area contributed by atoms with Crippen LogP contribution in [0.1, 0.15) is 11.5 Å². The number of halogens is 4. The SMILES string of the molecule is FC(F)(F)c1nc(-c2ccsc2Cl)c2n1CCNC2. The van der Waals surface area contributed by atoms with Crippen molar-refractivity contribution >= 4 is 22.9 Å². The van der Waals surface area contributed by atoms with Gasteiger partial charge in [-0.25, -0.2) is 4.98 Å². The van der Waals surface area contributed by atoms with Crippen molar-refractivity contribution in [1.29, 1.82) is 0 Å². The van der Waals surface area contributed by atoms with E-state index >= 15 is 0 Å². The highest BCUT2D eigenvalue weighted by atomic mass is 35.5. The Balaban J connectivity index is 2.21. The van der Waals surface area contributed by atoms with Crippen molar-refractivity contribution in [3.8, 4) is 11.3 Å². The molecule has 0 atom stereocenters. The van der Waals surface area contributed by atoms with Crippen LogP contribution in [0.5, 0.6) is 0 Å². The normalized spacial score (nSPS) is 15.6. The number of fused-ring (bicyclic) bond motifs is 1. The highest BCUT2D eigenvalue weighted by Crippen LogP contribution is 2.38. The minimum Gasteiger partial charge on any atom is -0.321 e. The molecular weight excluding hydrogens is 299 g/mol. The number of nitrogens with zero attached hydrogens (tertiary/aromatic N) is 2. The summed E-state index contributed by atoms with van der Waals surface area (Å²) in [5, 5.41) is 4.80. The van der Waals surface area contributed by atoms with Crippen LogP contribution in [0.25, 0.3) is 11.3 Å². The Labute approximate surface area is 116 Å². The van der Waals surface area contributed by atoms with Crippen molar-refractivity contribution < 1.29 is 13.2 Å². The molecule has 0 fully saturated rings. The van der Waals surface area contributed by atoms with E-state index in [1.165, 1.54) is 15.9 Å². The zero-order valence-electron chi connectivity index (χ0n) is 9.59. The Bertz CT molecular complexity index is 617. The summed E-state index contributed by atoms with van der Waals surface area (Å²) < 4.78 is 40.7. The fourth-order valence-electron chi connectivity index (χ4n) is 2.20. The molecule has 0 unspecified atom stereocenters. The van der Waals surface area contributed by atoms with Gasteiger partial charge in [0, 0.05) is 25.2 Å². The number of rotatable bonds is 1. The third-order valence-corrected chi connectivity index (χ3v) is 4.17. The Hall–Kier alpha value is -1.05. The zero-order valence-corrected chi connectivity index (χ0v) is 11.2. The number of imidazole rings is 1. The average Bonchev–Trinajstić information content (AvgIpc) is 2.91. The molecule has 2 aromatic rings. The van der Waals surface area contributed by atoms with Gasteiger partial charge in [0.1, 0.15) is 4.34 Å². The number of alkyl halides is 3. The summed E-state index contributed by atoms with van der Waals surface area (Å²) in [6.45, 7) is 1.13. The van der Waals surface area contributed by atoms with Gasteiger partial charge in [0.15, 0.2) is 0 Å². The lowest BCUT2D eigenvalue weighted by Gasteiger charge is -2.19. The van der Waals surface area contributed by atoms with Crippen molar-refractivity contribution in [1.82, 2.24) is 14.9 Å². The minimum atomic E-state index is -4.45. The first-order valence-corrected chi connectivity index (χ1v) is 6.85. The van der Waals surface area contributed by atoms with E-state index in [-0.39, 0.29) is 6.54 Å². The Kier molecular flexibility index (Phi) is 3.07. The second-order valence-electron chi connectivity index (χ2n) is 4.16. The molecule has 3 nitrogen and oxygen atoms in total. The molecule has 0 amide bonds. The van der Waals surface area contributed by atoms with Gasteiger partial charge in [-0.15, -0.1) is 11.3 Å². The molecule has 1 aliphatic rings. The third-order valence-electron chi connectivity index (χ3n) is 3.00. The highest BCUT2D eigenvalue weighted by molar-refractivity contribution is 7.15. The number of hydrogen-bond donors (Lipinski definition) is 1. The molecule has 0 bridgehead atoms. The van der Waals surface area contributed by atoms with Gasteiger partial charge in [0.25, 0.3) is 0 Å². The monoisotopic (exact) mass is 307 g/mol.